The van der Waals surface area contributed by atoms with Crippen LogP contribution in [0.25, 0.3) is 5.82 Å². The molecule has 0 radical (unpaired) electrons. The van der Waals surface area contributed by atoms with Crippen LogP contribution in [0.4, 0.5) is 0 Å². The normalized spacial score (nSPS) is 10.7. The number of nitrogens with one attached hydrogen (secondary N) is 1. The third kappa shape index (κ3) is 4.21. The molecule has 0 aromatic carbocycles. The fourth-order valence-electron chi connectivity index (χ4n) is 2.37. The maximum Gasteiger partial charge on any atom is 0.271 e. The van der Waals surface area contributed by atoms with Gasteiger partial charge in [0, 0.05) is 37.7 Å². The molecule has 0 saturated carbocycles. The van der Waals surface area contributed by atoms with Crippen LogP contribution < -0.4 is 10.9 Å². The predicted molar refractivity (Wildman–Crippen MR) is 95.9 cm³/mol. The molecule has 0 fully saturated rings. The quantitative estimate of drug-likeness (QED) is 0.696. The lowest BCUT2D eigenvalue weighted by Gasteiger charge is -2.08. The summed E-state index contributed by atoms with van der Waals surface area (Å²) >= 11 is 0. The molecular weight excluding hydrogens is 332 g/mol. The van der Waals surface area contributed by atoms with Crippen molar-refractivity contribution in [2.75, 3.05) is 0 Å². The molecule has 0 bridgehead atoms. The number of carbonyl (C=O) groups is 1. The maximum absolute atomic E-state index is 12.3. The molecule has 0 aliphatic carbocycles. The summed E-state index contributed by atoms with van der Waals surface area (Å²) in [4.78, 5) is 28.4. The molecule has 3 aromatic rings. The second-order valence-electron chi connectivity index (χ2n) is 5.79. The molecule has 0 aliphatic heterocycles. The highest BCUT2D eigenvalue weighted by molar-refractivity contribution is 5.91. The molecule has 0 spiro atoms. The van der Waals surface area contributed by atoms with Gasteiger partial charge in [-0.15, -0.1) is 0 Å². The smallest absolute Gasteiger partial charge is 0.271 e. The molecule has 8 heteroatoms. The second-order valence-corrected chi connectivity index (χ2v) is 5.79. The first-order valence-electron chi connectivity index (χ1n) is 8.48. The lowest BCUT2D eigenvalue weighted by atomic mass is 10.2. The number of unbranched alkanes of at least 4 members (excludes halogenated alkanes) is 1. The number of rotatable bonds is 7. The second kappa shape index (κ2) is 8.19. The van der Waals surface area contributed by atoms with E-state index < -0.39 is 0 Å². The summed E-state index contributed by atoms with van der Waals surface area (Å²) in [5.41, 5.74) is 0.879. The van der Waals surface area contributed by atoms with Crippen LogP contribution in [0.2, 0.25) is 0 Å². The van der Waals surface area contributed by atoms with E-state index in [9.17, 15) is 9.59 Å². The zero-order chi connectivity index (χ0) is 18.4. The first kappa shape index (κ1) is 17.5. The van der Waals surface area contributed by atoms with Crippen LogP contribution in [0.1, 0.15) is 35.8 Å². The molecular formula is C18H20N6O2. The van der Waals surface area contributed by atoms with Crippen molar-refractivity contribution in [1.29, 1.82) is 0 Å². The number of carbonyl (C=O) groups excluding carboxylic acids is 1. The largest absolute Gasteiger partial charge is 0.347 e. The maximum atomic E-state index is 12.3. The highest BCUT2D eigenvalue weighted by atomic mass is 16.2. The average molecular weight is 352 g/mol. The zero-order valence-corrected chi connectivity index (χ0v) is 14.5. The van der Waals surface area contributed by atoms with Gasteiger partial charge in [-0.1, -0.05) is 19.4 Å². The summed E-state index contributed by atoms with van der Waals surface area (Å²) < 4.78 is 2.99. The first-order chi connectivity index (χ1) is 12.7. The molecule has 134 valence electrons. The molecule has 3 heterocycles. The molecule has 3 rings (SSSR count). The van der Waals surface area contributed by atoms with Crippen molar-refractivity contribution < 1.29 is 4.79 Å². The number of pyridine rings is 1. The van der Waals surface area contributed by atoms with Gasteiger partial charge in [0.25, 0.3) is 11.5 Å². The van der Waals surface area contributed by atoms with Crippen molar-refractivity contribution in [3.05, 3.63) is 70.5 Å². The third-order valence-corrected chi connectivity index (χ3v) is 3.82. The Hall–Kier alpha value is -3.29. The van der Waals surface area contributed by atoms with Gasteiger partial charge < -0.3 is 5.32 Å². The van der Waals surface area contributed by atoms with E-state index in [-0.39, 0.29) is 17.2 Å². The molecule has 1 amide bonds. The minimum Gasteiger partial charge on any atom is -0.347 e. The van der Waals surface area contributed by atoms with E-state index in [0.29, 0.717) is 18.9 Å². The molecule has 8 nitrogen and oxygen atoms in total. The van der Waals surface area contributed by atoms with Crippen LogP contribution in [0, 0.1) is 0 Å². The number of aromatic nitrogens is 5. The van der Waals surface area contributed by atoms with Gasteiger partial charge in [-0.2, -0.15) is 10.2 Å². The molecule has 0 saturated heterocycles. The monoisotopic (exact) mass is 352 g/mol. The minimum atomic E-state index is -0.327. The summed E-state index contributed by atoms with van der Waals surface area (Å²) in [5, 5.41) is 11.0. The number of nitrogens with zero attached hydrogens (tertiary/aromatic N) is 5. The Morgan fingerprint density at radius 3 is 2.81 bits per heavy atom. The highest BCUT2D eigenvalue weighted by Crippen LogP contribution is 2.05. The fraction of sp³-hybridized carbons (Fsp3) is 0.278. The van der Waals surface area contributed by atoms with Crippen LogP contribution >= 0.6 is 0 Å². The summed E-state index contributed by atoms with van der Waals surface area (Å²) in [6.45, 7) is 2.86. The van der Waals surface area contributed by atoms with E-state index in [4.69, 9.17) is 0 Å². The Labute approximate surface area is 150 Å². The van der Waals surface area contributed by atoms with Gasteiger partial charge in [-0.05, 0) is 30.2 Å². The van der Waals surface area contributed by atoms with Gasteiger partial charge in [0.05, 0.1) is 0 Å². The molecule has 0 atom stereocenters. The van der Waals surface area contributed by atoms with Crippen LogP contribution in [0.15, 0.2) is 53.7 Å². The van der Waals surface area contributed by atoms with Crippen LogP contribution in [-0.4, -0.2) is 30.5 Å². The van der Waals surface area contributed by atoms with Gasteiger partial charge in [0.2, 0.25) is 0 Å². The topological polar surface area (TPSA) is 94.7 Å². The van der Waals surface area contributed by atoms with E-state index in [1.807, 2.05) is 31.3 Å². The van der Waals surface area contributed by atoms with Gasteiger partial charge >= 0.3 is 0 Å². The van der Waals surface area contributed by atoms with Crippen molar-refractivity contribution in [2.45, 2.75) is 32.9 Å². The Kier molecular flexibility index (Phi) is 5.52. The van der Waals surface area contributed by atoms with Crippen molar-refractivity contribution in [2.24, 2.45) is 0 Å². The van der Waals surface area contributed by atoms with Crippen molar-refractivity contribution in [1.82, 2.24) is 29.9 Å². The number of hydrogen-bond donors (Lipinski definition) is 1. The standard InChI is InChI=1S/C18H20N6O2/c1-2-3-10-24-17(25)8-6-15(22-24)18(26)20-13-14-5-7-16(19-12-14)23-11-4-9-21-23/h4-9,11-12H,2-3,10,13H2,1H3,(H,20,26). The molecule has 0 aliphatic rings. The SMILES string of the molecule is CCCCn1nc(C(=O)NCc2ccc(-n3cccn3)nc2)ccc1=O. The minimum absolute atomic E-state index is 0.201. The van der Waals surface area contributed by atoms with Crippen LogP contribution in [-0.2, 0) is 13.1 Å². The van der Waals surface area contributed by atoms with Gasteiger partial charge in [-0.3, -0.25) is 9.59 Å². The summed E-state index contributed by atoms with van der Waals surface area (Å²) in [5.74, 6) is 0.376. The van der Waals surface area contributed by atoms with Gasteiger partial charge in [0.15, 0.2) is 5.82 Å². The Morgan fingerprint density at radius 1 is 1.23 bits per heavy atom. The van der Waals surface area contributed by atoms with Crippen LogP contribution in [0.3, 0.4) is 0 Å². The average Bonchev–Trinajstić information content (AvgIpc) is 3.20. The zero-order valence-electron chi connectivity index (χ0n) is 14.5. The number of hydrogen-bond acceptors (Lipinski definition) is 5. The third-order valence-electron chi connectivity index (χ3n) is 3.82. The van der Waals surface area contributed by atoms with E-state index in [2.05, 4.69) is 20.5 Å². The lowest BCUT2D eigenvalue weighted by Crippen LogP contribution is -2.29. The highest BCUT2D eigenvalue weighted by Gasteiger charge is 2.09. The number of amides is 1. The van der Waals surface area contributed by atoms with Crippen LogP contribution in [0.5, 0.6) is 0 Å². The Morgan fingerprint density at radius 2 is 2.12 bits per heavy atom. The van der Waals surface area contributed by atoms with Gasteiger partial charge in [0.1, 0.15) is 5.69 Å². The molecule has 26 heavy (non-hydrogen) atoms. The first-order valence-corrected chi connectivity index (χ1v) is 8.48. The van der Waals surface area contributed by atoms with Crippen molar-refractivity contribution in [3.63, 3.8) is 0 Å². The summed E-state index contributed by atoms with van der Waals surface area (Å²) in [7, 11) is 0. The van der Waals surface area contributed by atoms with E-state index in [0.717, 1.165) is 18.4 Å². The van der Waals surface area contributed by atoms with E-state index in [1.165, 1.54) is 16.8 Å². The number of aryl methyl sites for hydroxylation is 1. The Balaban J connectivity index is 1.62. The van der Waals surface area contributed by atoms with Gasteiger partial charge in [-0.25, -0.2) is 14.3 Å². The van der Waals surface area contributed by atoms with E-state index >= 15 is 0 Å². The molecule has 1 N–H and O–H groups in total. The Bertz CT molecular complexity index is 916. The predicted octanol–water partition coefficient (Wildman–Crippen LogP) is 1.55. The summed E-state index contributed by atoms with van der Waals surface area (Å²) in [6, 6.07) is 8.34. The summed E-state index contributed by atoms with van der Waals surface area (Å²) in [6.07, 6.45) is 6.97. The van der Waals surface area contributed by atoms with Crippen molar-refractivity contribution >= 4 is 5.91 Å². The lowest BCUT2D eigenvalue weighted by molar-refractivity contribution is 0.0943. The fourth-order valence-corrected chi connectivity index (χ4v) is 2.37. The van der Waals surface area contributed by atoms with Crippen molar-refractivity contribution in [3.8, 4) is 5.82 Å². The molecule has 3 aromatic heterocycles. The molecule has 0 unspecified atom stereocenters. The van der Waals surface area contributed by atoms with E-state index in [1.54, 1.807) is 17.1 Å².